The third-order valence-corrected chi connectivity index (χ3v) is 2.64. The fraction of sp³-hybridized carbons (Fsp3) is 0.600. The highest BCUT2D eigenvalue weighted by molar-refractivity contribution is 5.92. The lowest BCUT2D eigenvalue weighted by molar-refractivity contribution is 0.0654. The maximum atomic E-state index is 11.9. The molecule has 5 nitrogen and oxygen atoms in total. The highest BCUT2D eigenvalue weighted by atomic mass is 16.5. The lowest BCUT2D eigenvalue weighted by atomic mass is 10.3. The quantitative estimate of drug-likeness (QED) is 0.670. The first-order chi connectivity index (χ1) is 7.16. The molecule has 0 N–H and O–H groups in total. The second kappa shape index (κ2) is 4.02. The summed E-state index contributed by atoms with van der Waals surface area (Å²) >= 11 is 0. The van der Waals surface area contributed by atoms with Crippen LogP contribution in [0.15, 0.2) is 10.6 Å². The SMILES string of the molecule is Cc1cc(C(=O)N2CCN(C)CC2)no1. The molecule has 0 aromatic carbocycles. The molecular weight excluding hydrogens is 194 g/mol. The van der Waals surface area contributed by atoms with Gasteiger partial charge in [-0.25, -0.2) is 0 Å². The molecule has 0 bridgehead atoms. The molecule has 15 heavy (non-hydrogen) atoms. The van der Waals surface area contributed by atoms with E-state index in [-0.39, 0.29) is 5.91 Å². The van der Waals surface area contributed by atoms with E-state index in [9.17, 15) is 4.79 Å². The van der Waals surface area contributed by atoms with Gasteiger partial charge in [0.05, 0.1) is 0 Å². The van der Waals surface area contributed by atoms with Gasteiger partial charge in [-0.1, -0.05) is 5.16 Å². The zero-order valence-corrected chi connectivity index (χ0v) is 9.06. The first-order valence-electron chi connectivity index (χ1n) is 5.08. The molecule has 1 amide bonds. The van der Waals surface area contributed by atoms with Crippen LogP contribution in [0.5, 0.6) is 0 Å². The molecule has 5 heteroatoms. The molecule has 1 aromatic rings. The third kappa shape index (κ3) is 2.18. The summed E-state index contributed by atoms with van der Waals surface area (Å²) < 4.78 is 4.89. The average Bonchev–Trinajstić information content (AvgIpc) is 2.65. The maximum Gasteiger partial charge on any atom is 0.276 e. The van der Waals surface area contributed by atoms with Gasteiger partial charge in [-0.2, -0.15) is 0 Å². The zero-order valence-electron chi connectivity index (χ0n) is 9.06. The van der Waals surface area contributed by atoms with E-state index < -0.39 is 0 Å². The number of likely N-dealkylation sites (N-methyl/N-ethyl adjacent to an activating group) is 1. The monoisotopic (exact) mass is 209 g/mol. The molecule has 0 saturated carbocycles. The van der Waals surface area contributed by atoms with Gasteiger partial charge in [0.2, 0.25) is 0 Å². The van der Waals surface area contributed by atoms with Gasteiger partial charge in [0.1, 0.15) is 5.76 Å². The third-order valence-electron chi connectivity index (χ3n) is 2.64. The van der Waals surface area contributed by atoms with Crippen LogP contribution < -0.4 is 0 Å². The van der Waals surface area contributed by atoms with Crippen molar-refractivity contribution in [3.05, 3.63) is 17.5 Å². The van der Waals surface area contributed by atoms with Gasteiger partial charge >= 0.3 is 0 Å². The molecule has 0 spiro atoms. The van der Waals surface area contributed by atoms with Crippen molar-refractivity contribution in [1.29, 1.82) is 0 Å². The highest BCUT2D eigenvalue weighted by Gasteiger charge is 2.22. The predicted octanol–water partition coefficient (Wildman–Crippen LogP) is 0.371. The number of carbonyl (C=O) groups excluding carboxylic acids is 1. The van der Waals surface area contributed by atoms with Crippen LogP contribution in [0.3, 0.4) is 0 Å². The summed E-state index contributed by atoms with van der Waals surface area (Å²) in [5.74, 6) is 0.646. The van der Waals surface area contributed by atoms with Gasteiger partial charge in [0.25, 0.3) is 5.91 Å². The fourth-order valence-corrected chi connectivity index (χ4v) is 1.64. The molecule has 0 unspecified atom stereocenters. The Balaban J connectivity index is 2.02. The Morgan fingerprint density at radius 3 is 2.60 bits per heavy atom. The lowest BCUT2D eigenvalue weighted by Gasteiger charge is -2.31. The number of piperazine rings is 1. The minimum atomic E-state index is -0.0278. The standard InChI is InChI=1S/C10H15N3O2/c1-8-7-9(11-15-8)10(14)13-5-3-12(2)4-6-13/h7H,3-6H2,1-2H3. The summed E-state index contributed by atoms with van der Waals surface area (Å²) in [5, 5.41) is 3.73. The lowest BCUT2D eigenvalue weighted by Crippen LogP contribution is -2.47. The second-order valence-electron chi connectivity index (χ2n) is 3.92. The van der Waals surface area contributed by atoms with Crippen LogP contribution >= 0.6 is 0 Å². The van der Waals surface area contributed by atoms with Crippen molar-refractivity contribution in [3.8, 4) is 0 Å². The van der Waals surface area contributed by atoms with Gasteiger partial charge in [-0.3, -0.25) is 4.79 Å². The van der Waals surface area contributed by atoms with Crippen molar-refractivity contribution < 1.29 is 9.32 Å². The van der Waals surface area contributed by atoms with Gasteiger partial charge in [-0.15, -0.1) is 0 Å². The van der Waals surface area contributed by atoms with Crippen LogP contribution in [-0.4, -0.2) is 54.1 Å². The number of hydrogen-bond donors (Lipinski definition) is 0. The average molecular weight is 209 g/mol. The molecule has 0 aliphatic carbocycles. The Kier molecular flexibility index (Phi) is 2.73. The molecule has 2 rings (SSSR count). The smallest absolute Gasteiger partial charge is 0.276 e. The largest absolute Gasteiger partial charge is 0.361 e. The first-order valence-corrected chi connectivity index (χ1v) is 5.08. The van der Waals surface area contributed by atoms with E-state index >= 15 is 0 Å². The van der Waals surface area contributed by atoms with Crippen LogP contribution in [0.1, 0.15) is 16.2 Å². The molecule has 82 valence electrons. The van der Waals surface area contributed by atoms with E-state index in [1.54, 1.807) is 13.0 Å². The summed E-state index contributed by atoms with van der Waals surface area (Å²) in [6.45, 7) is 5.15. The minimum Gasteiger partial charge on any atom is -0.361 e. The molecule has 2 heterocycles. The zero-order chi connectivity index (χ0) is 10.8. The van der Waals surface area contributed by atoms with Crippen molar-refractivity contribution in [3.63, 3.8) is 0 Å². The molecule has 0 radical (unpaired) electrons. The minimum absolute atomic E-state index is 0.0278. The fourth-order valence-electron chi connectivity index (χ4n) is 1.64. The Morgan fingerprint density at radius 2 is 2.07 bits per heavy atom. The van der Waals surface area contributed by atoms with Crippen LogP contribution in [0.4, 0.5) is 0 Å². The van der Waals surface area contributed by atoms with Crippen molar-refractivity contribution in [2.45, 2.75) is 6.92 Å². The van der Waals surface area contributed by atoms with E-state index in [0.29, 0.717) is 11.5 Å². The predicted molar refractivity (Wildman–Crippen MR) is 54.6 cm³/mol. The van der Waals surface area contributed by atoms with Crippen molar-refractivity contribution in [1.82, 2.24) is 15.0 Å². The Morgan fingerprint density at radius 1 is 1.40 bits per heavy atom. The molecule has 1 aliphatic heterocycles. The summed E-state index contributed by atoms with van der Waals surface area (Å²) in [6, 6.07) is 1.68. The molecule has 1 saturated heterocycles. The van der Waals surface area contributed by atoms with Gasteiger partial charge in [0.15, 0.2) is 5.69 Å². The van der Waals surface area contributed by atoms with Crippen molar-refractivity contribution in [2.24, 2.45) is 0 Å². The number of aromatic nitrogens is 1. The normalized spacial score (nSPS) is 18.1. The molecule has 1 aliphatic rings. The van der Waals surface area contributed by atoms with E-state index in [1.807, 2.05) is 4.90 Å². The number of aryl methyl sites for hydroxylation is 1. The van der Waals surface area contributed by atoms with Crippen LogP contribution in [0.2, 0.25) is 0 Å². The van der Waals surface area contributed by atoms with Crippen molar-refractivity contribution >= 4 is 5.91 Å². The van der Waals surface area contributed by atoms with E-state index in [1.165, 1.54) is 0 Å². The number of rotatable bonds is 1. The van der Waals surface area contributed by atoms with Crippen molar-refractivity contribution in [2.75, 3.05) is 33.2 Å². The maximum absolute atomic E-state index is 11.9. The number of carbonyl (C=O) groups is 1. The highest BCUT2D eigenvalue weighted by Crippen LogP contribution is 2.08. The van der Waals surface area contributed by atoms with Gasteiger partial charge < -0.3 is 14.3 Å². The number of hydrogen-bond acceptors (Lipinski definition) is 4. The molecule has 0 atom stereocenters. The van der Waals surface area contributed by atoms with E-state index in [4.69, 9.17) is 4.52 Å². The van der Waals surface area contributed by atoms with Crippen LogP contribution in [0.25, 0.3) is 0 Å². The Bertz CT molecular complexity index is 353. The number of amides is 1. The van der Waals surface area contributed by atoms with Crippen LogP contribution in [0, 0.1) is 6.92 Å². The van der Waals surface area contributed by atoms with E-state index in [2.05, 4.69) is 17.1 Å². The Labute approximate surface area is 88.6 Å². The van der Waals surface area contributed by atoms with Gasteiger partial charge in [-0.05, 0) is 14.0 Å². The Hall–Kier alpha value is -1.36. The summed E-state index contributed by atoms with van der Waals surface area (Å²) in [6.07, 6.45) is 0. The molecule has 1 aromatic heterocycles. The molecular formula is C10H15N3O2. The second-order valence-corrected chi connectivity index (χ2v) is 3.92. The summed E-state index contributed by atoms with van der Waals surface area (Å²) in [7, 11) is 2.06. The summed E-state index contributed by atoms with van der Waals surface area (Å²) in [4.78, 5) is 15.9. The van der Waals surface area contributed by atoms with Crippen LogP contribution in [-0.2, 0) is 0 Å². The molecule has 1 fully saturated rings. The van der Waals surface area contributed by atoms with E-state index in [0.717, 1.165) is 26.2 Å². The topological polar surface area (TPSA) is 49.6 Å². The number of nitrogens with zero attached hydrogens (tertiary/aromatic N) is 3. The van der Waals surface area contributed by atoms with Gasteiger partial charge in [0, 0.05) is 32.2 Å². The first kappa shape index (κ1) is 10.2. The summed E-state index contributed by atoms with van der Waals surface area (Å²) in [5.41, 5.74) is 0.414.